The smallest absolute Gasteiger partial charge is 0.335 e. The number of carboxylic acid groups (broad SMARTS) is 1. The Hall–Kier alpha value is -1.40. The second-order valence-corrected chi connectivity index (χ2v) is 6.60. The van der Waals surface area contributed by atoms with Crippen LogP contribution in [0.1, 0.15) is 36.0 Å². The van der Waals surface area contributed by atoms with E-state index >= 15 is 0 Å². The van der Waals surface area contributed by atoms with E-state index in [0.717, 1.165) is 25.7 Å². The van der Waals surface area contributed by atoms with Gasteiger partial charge in [0.25, 0.3) is 0 Å². The molecule has 0 bridgehead atoms. The summed E-state index contributed by atoms with van der Waals surface area (Å²) in [7, 11) is -3.62. The van der Waals surface area contributed by atoms with Gasteiger partial charge in [-0.3, -0.25) is 0 Å². The van der Waals surface area contributed by atoms with Crippen molar-refractivity contribution in [3.05, 3.63) is 29.8 Å². The Morgan fingerprint density at radius 1 is 1.32 bits per heavy atom. The molecule has 1 aromatic rings. The molecular weight excluding hydrogens is 266 g/mol. The second-order valence-electron chi connectivity index (χ2n) is 4.84. The Balaban J connectivity index is 2.09. The van der Waals surface area contributed by atoms with Crippen molar-refractivity contribution in [2.24, 2.45) is 5.92 Å². The maximum Gasteiger partial charge on any atom is 0.335 e. The number of benzene rings is 1. The van der Waals surface area contributed by atoms with Crippen LogP contribution >= 0.6 is 0 Å². The largest absolute Gasteiger partial charge is 0.478 e. The number of hydrogen-bond donors (Lipinski definition) is 2. The molecule has 2 rings (SSSR count). The van der Waals surface area contributed by atoms with Gasteiger partial charge in [0.15, 0.2) is 0 Å². The molecule has 0 atom stereocenters. The highest BCUT2D eigenvalue weighted by Crippen LogP contribution is 2.24. The minimum Gasteiger partial charge on any atom is -0.478 e. The summed E-state index contributed by atoms with van der Waals surface area (Å²) in [6.45, 7) is 0.430. The lowest BCUT2D eigenvalue weighted by Crippen LogP contribution is -2.28. The fourth-order valence-corrected chi connectivity index (χ4v) is 3.48. The van der Waals surface area contributed by atoms with Crippen LogP contribution in [0.2, 0.25) is 0 Å². The molecule has 2 N–H and O–H groups in total. The number of carboxylic acids is 1. The lowest BCUT2D eigenvalue weighted by Gasteiger charge is -2.11. The highest BCUT2D eigenvalue weighted by Gasteiger charge is 2.20. The van der Waals surface area contributed by atoms with Crippen LogP contribution in [-0.4, -0.2) is 26.0 Å². The van der Waals surface area contributed by atoms with Crippen LogP contribution in [0.4, 0.5) is 0 Å². The van der Waals surface area contributed by atoms with Crippen LogP contribution in [0.3, 0.4) is 0 Å². The second kappa shape index (κ2) is 5.71. The lowest BCUT2D eigenvalue weighted by molar-refractivity contribution is 0.0696. The predicted molar refractivity (Wildman–Crippen MR) is 70.5 cm³/mol. The van der Waals surface area contributed by atoms with E-state index in [2.05, 4.69) is 4.72 Å². The third-order valence-corrected chi connectivity index (χ3v) is 4.85. The van der Waals surface area contributed by atoms with Crippen molar-refractivity contribution < 1.29 is 18.3 Å². The Labute approximate surface area is 112 Å². The number of sulfonamides is 1. The molecular formula is C13H17NO4S. The van der Waals surface area contributed by atoms with Gasteiger partial charge in [-0.2, -0.15) is 0 Å². The van der Waals surface area contributed by atoms with Crippen molar-refractivity contribution in [1.82, 2.24) is 4.72 Å². The molecule has 104 valence electrons. The maximum absolute atomic E-state index is 12.1. The van der Waals surface area contributed by atoms with Crippen molar-refractivity contribution in [1.29, 1.82) is 0 Å². The molecule has 1 saturated carbocycles. The summed E-state index contributed by atoms with van der Waals surface area (Å²) in [5, 5.41) is 8.86. The van der Waals surface area contributed by atoms with Crippen LogP contribution in [-0.2, 0) is 10.0 Å². The first-order valence-electron chi connectivity index (χ1n) is 6.32. The summed E-state index contributed by atoms with van der Waals surface area (Å²) in [5.74, 6) is -0.731. The van der Waals surface area contributed by atoms with Gasteiger partial charge in [-0.15, -0.1) is 0 Å². The third-order valence-electron chi connectivity index (χ3n) is 3.43. The van der Waals surface area contributed by atoms with Crippen LogP contribution in [0, 0.1) is 5.92 Å². The average molecular weight is 283 g/mol. The fourth-order valence-electron chi connectivity index (χ4n) is 2.32. The Kier molecular flexibility index (Phi) is 4.21. The molecule has 0 aliphatic heterocycles. The minimum absolute atomic E-state index is 0.00500. The topological polar surface area (TPSA) is 83.5 Å². The zero-order chi connectivity index (χ0) is 13.9. The van der Waals surface area contributed by atoms with E-state index in [1.54, 1.807) is 0 Å². The molecule has 19 heavy (non-hydrogen) atoms. The van der Waals surface area contributed by atoms with E-state index in [-0.39, 0.29) is 10.5 Å². The zero-order valence-corrected chi connectivity index (χ0v) is 11.3. The van der Waals surface area contributed by atoms with Crippen molar-refractivity contribution in [2.75, 3.05) is 6.54 Å². The summed E-state index contributed by atoms with van der Waals surface area (Å²) in [6, 6.07) is 5.40. The van der Waals surface area contributed by atoms with Gasteiger partial charge in [-0.25, -0.2) is 17.9 Å². The first-order valence-corrected chi connectivity index (χ1v) is 7.80. The van der Waals surface area contributed by atoms with E-state index in [1.165, 1.54) is 24.3 Å². The van der Waals surface area contributed by atoms with Crippen molar-refractivity contribution in [3.63, 3.8) is 0 Å². The van der Waals surface area contributed by atoms with Gasteiger partial charge >= 0.3 is 5.97 Å². The molecule has 0 radical (unpaired) electrons. The van der Waals surface area contributed by atoms with Crippen molar-refractivity contribution in [3.8, 4) is 0 Å². The number of aromatic carboxylic acids is 1. The van der Waals surface area contributed by atoms with Crippen molar-refractivity contribution >= 4 is 16.0 Å². The lowest BCUT2D eigenvalue weighted by atomic mass is 10.1. The number of rotatable bonds is 5. The van der Waals surface area contributed by atoms with E-state index in [4.69, 9.17) is 5.11 Å². The summed E-state index contributed by atoms with van der Waals surface area (Å²) in [5.41, 5.74) is -0.0243. The molecule has 0 amide bonds. The molecule has 1 aliphatic carbocycles. The van der Waals surface area contributed by atoms with Gasteiger partial charge in [0.2, 0.25) is 10.0 Å². The standard InChI is InChI=1S/C13H17NO4S/c15-13(16)11-6-3-7-12(8-11)19(17,18)14-9-10-4-1-2-5-10/h3,6-8,10,14H,1-2,4-5,9H2,(H,15,16). The monoisotopic (exact) mass is 283 g/mol. The first-order chi connectivity index (χ1) is 8.99. The van der Waals surface area contributed by atoms with Crippen LogP contribution in [0.25, 0.3) is 0 Å². The molecule has 0 aromatic heterocycles. The Bertz CT molecular complexity index is 562. The Morgan fingerprint density at radius 3 is 2.63 bits per heavy atom. The molecule has 0 saturated heterocycles. The van der Waals surface area contributed by atoms with Gasteiger partial charge in [-0.1, -0.05) is 18.9 Å². The van der Waals surface area contributed by atoms with Gasteiger partial charge in [-0.05, 0) is 37.0 Å². The summed E-state index contributed by atoms with van der Waals surface area (Å²) in [4.78, 5) is 10.8. The van der Waals surface area contributed by atoms with E-state index in [9.17, 15) is 13.2 Å². The maximum atomic E-state index is 12.1. The molecule has 6 heteroatoms. The number of hydrogen-bond acceptors (Lipinski definition) is 3. The van der Waals surface area contributed by atoms with Gasteiger partial charge in [0.1, 0.15) is 0 Å². The van der Waals surface area contributed by atoms with Crippen LogP contribution in [0.15, 0.2) is 29.2 Å². The molecule has 5 nitrogen and oxygen atoms in total. The zero-order valence-electron chi connectivity index (χ0n) is 10.5. The molecule has 0 spiro atoms. The van der Waals surface area contributed by atoms with E-state index in [0.29, 0.717) is 12.5 Å². The van der Waals surface area contributed by atoms with Gasteiger partial charge < -0.3 is 5.11 Å². The van der Waals surface area contributed by atoms with Gasteiger partial charge in [0, 0.05) is 6.54 Å². The Morgan fingerprint density at radius 2 is 2.00 bits per heavy atom. The predicted octanol–water partition coefficient (Wildman–Crippen LogP) is 1.85. The highest BCUT2D eigenvalue weighted by molar-refractivity contribution is 7.89. The molecule has 1 aliphatic rings. The van der Waals surface area contributed by atoms with Crippen LogP contribution in [0.5, 0.6) is 0 Å². The molecule has 0 heterocycles. The number of nitrogens with one attached hydrogen (secondary N) is 1. The molecule has 1 aromatic carbocycles. The third kappa shape index (κ3) is 3.54. The SMILES string of the molecule is O=C(O)c1cccc(S(=O)(=O)NCC2CCCC2)c1. The highest BCUT2D eigenvalue weighted by atomic mass is 32.2. The van der Waals surface area contributed by atoms with Gasteiger partial charge in [0.05, 0.1) is 10.5 Å². The van der Waals surface area contributed by atoms with E-state index in [1.807, 2.05) is 0 Å². The van der Waals surface area contributed by atoms with Crippen molar-refractivity contribution in [2.45, 2.75) is 30.6 Å². The quantitative estimate of drug-likeness (QED) is 0.864. The summed E-state index contributed by atoms with van der Waals surface area (Å²) >= 11 is 0. The average Bonchev–Trinajstić information content (AvgIpc) is 2.90. The normalized spacial score (nSPS) is 16.6. The fraction of sp³-hybridized carbons (Fsp3) is 0.462. The molecule has 1 fully saturated rings. The first kappa shape index (κ1) is 14.0. The molecule has 0 unspecified atom stereocenters. The summed E-state index contributed by atoms with van der Waals surface area (Å²) < 4.78 is 26.7. The van der Waals surface area contributed by atoms with Crippen LogP contribution < -0.4 is 4.72 Å². The summed E-state index contributed by atoms with van der Waals surface area (Å²) in [6.07, 6.45) is 4.41. The van der Waals surface area contributed by atoms with E-state index < -0.39 is 16.0 Å². The minimum atomic E-state index is -3.62. The number of carbonyl (C=O) groups is 1.